The highest BCUT2D eigenvalue weighted by Gasteiger charge is 2.43. The van der Waals surface area contributed by atoms with E-state index >= 15 is 0 Å². The molecule has 2 aromatic heterocycles. The molecule has 0 bridgehead atoms. The molecule has 144 valence electrons. The first-order chi connectivity index (χ1) is 12.8. The van der Waals surface area contributed by atoms with Crippen molar-refractivity contribution in [2.75, 3.05) is 32.5 Å². The number of nitrogens with one attached hydrogen (secondary N) is 1. The van der Waals surface area contributed by atoms with Gasteiger partial charge in [-0.25, -0.2) is 4.98 Å². The fourth-order valence-corrected chi connectivity index (χ4v) is 3.48. The average molecular weight is 370 g/mol. The largest absolute Gasteiger partial charge is 0.356 e. The van der Waals surface area contributed by atoms with Crippen molar-refractivity contribution < 1.29 is 9.59 Å². The average Bonchev–Trinajstić information content (AvgIpc) is 3.05. The summed E-state index contributed by atoms with van der Waals surface area (Å²) in [6, 6.07) is 7.28. The monoisotopic (exact) mass is 370 g/mol. The summed E-state index contributed by atoms with van der Waals surface area (Å²) in [6.07, 6.45) is 2.73. The molecule has 1 aliphatic heterocycles. The molecule has 1 fully saturated rings. The molecule has 1 saturated heterocycles. The maximum atomic E-state index is 13.0. The van der Waals surface area contributed by atoms with Crippen LogP contribution < -0.4 is 5.32 Å². The van der Waals surface area contributed by atoms with Crippen LogP contribution in [-0.4, -0.2) is 69.1 Å². The Morgan fingerprint density at radius 3 is 2.44 bits per heavy atom. The lowest BCUT2D eigenvalue weighted by molar-refractivity contribution is -0.135. The summed E-state index contributed by atoms with van der Waals surface area (Å²) < 4.78 is 1.71. The van der Waals surface area contributed by atoms with E-state index < -0.39 is 5.54 Å². The molecule has 0 saturated carbocycles. The number of rotatable bonds is 4. The van der Waals surface area contributed by atoms with Gasteiger partial charge in [-0.3, -0.25) is 14.3 Å². The Balaban J connectivity index is 1.78. The van der Waals surface area contributed by atoms with Gasteiger partial charge in [0.25, 0.3) is 5.91 Å². The lowest BCUT2D eigenvalue weighted by atomic mass is 9.85. The highest BCUT2D eigenvalue weighted by atomic mass is 16.2. The highest BCUT2D eigenvalue weighted by molar-refractivity contribution is 5.93. The minimum atomic E-state index is -0.756. The standard InChI is InChI=1S/C19H26N6O2/c1-14-6-5-7-15(21-14)17(26)25-12-9-19(10-13-25,18(27)23(2)3)22-16-8-11-20-24(16)4/h5-8,11,22H,9-10,12-13H2,1-4H3. The molecule has 0 unspecified atom stereocenters. The third-order valence-corrected chi connectivity index (χ3v) is 5.02. The molecule has 2 amide bonds. The molecule has 0 spiro atoms. The van der Waals surface area contributed by atoms with Gasteiger partial charge in [0, 0.05) is 46.0 Å². The van der Waals surface area contributed by atoms with Crippen LogP contribution in [0.25, 0.3) is 0 Å². The van der Waals surface area contributed by atoms with E-state index in [4.69, 9.17) is 0 Å². The van der Waals surface area contributed by atoms with Gasteiger partial charge in [0.15, 0.2) is 0 Å². The van der Waals surface area contributed by atoms with Crippen LogP contribution in [0.1, 0.15) is 29.0 Å². The molecule has 1 aliphatic rings. The molecular formula is C19H26N6O2. The zero-order valence-electron chi connectivity index (χ0n) is 16.3. The molecule has 0 radical (unpaired) electrons. The number of hydrogen-bond donors (Lipinski definition) is 1. The second-order valence-corrected chi connectivity index (χ2v) is 7.20. The van der Waals surface area contributed by atoms with Crippen molar-refractivity contribution in [2.24, 2.45) is 7.05 Å². The summed E-state index contributed by atoms with van der Waals surface area (Å²) in [6.45, 7) is 2.84. The number of aryl methyl sites for hydroxylation is 2. The van der Waals surface area contributed by atoms with Gasteiger partial charge in [-0.2, -0.15) is 5.10 Å². The lowest BCUT2D eigenvalue weighted by Crippen LogP contribution is -2.59. The molecular weight excluding hydrogens is 344 g/mol. The van der Waals surface area contributed by atoms with Gasteiger partial charge >= 0.3 is 0 Å². The Labute approximate surface area is 159 Å². The van der Waals surface area contributed by atoms with Crippen molar-refractivity contribution in [2.45, 2.75) is 25.3 Å². The lowest BCUT2D eigenvalue weighted by Gasteiger charge is -2.42. The summed E-state index contributed by atoms with van der Waals surface area (Å²) >= 11 is 0. The summed E-state index contributed by atoms with van der Waals surface area (Å²) in [5.74, 6) is 0.694. The fourth-order valence-electron chi connectivity index (χ4n) is 3.48. The Morgan fingerprint density at radius 2 is 1.89 bits per heavy atom. The van der Waals surface area contributed by atoms with Crippen LogP contribution in [-0.2, 0) is 11.8 Å². The van der Waals surface area contributed by atoms with Crippen molar-refractivity contribution in [3.8, 4) is 0 Å². The fraction of sp³-hybridized carbons (Fsp3) is 0.474. The number of likely N-dealkylation sites (tertiary alicyclic amines) is 1. The molecule has 8 heteroatoms. The first kappa shape index (κ1) is 18.9. The van der Waals surface area contributed by atoms with Gasteiger partial charge < -0.3 is 15.1 Å². The number of carbonyl (C=O) groups excluding carboxylic acids is 2. The van der Waals surface area contributed by atoms with Gasteiger partial charge in [0.2, 0.25) is 5.91 Å². The molecule has 3 rings (SSSR count). The zero-order chi connectivity index (χ0) is 19.6. The first-order valence-electron chi connectivity index (χ1n) is 9.03. The second-order valence-electron chi connectivity index (χ2n) is 7.20. The van der Waals surface area contributed by atoms with Gasteiger partial charge in [-0.1, -0.05) is 6.07 Å². The topological polar surface area (TPSA) is 83.4 Å². The van der Waals surface area contributed by atoms with Gasteiger partial charge in [-0.15, -0.1) is 0 Å². The molecule has 3 heterocycles. The molecule has 2 aromatic rings. The summed E-state index contributed by atoms with van der Waals surface area (Å²) in [5, 5.41) is 7.55. The van der Waals surface area contributed by atoms with Crippen LogP contribution in [0.15, 0.2) is 30.5 Å². The van der Waals surface area contributed by atoms with E-state index in [0.717, 1.165) is 11.5 Å². The van der Waals surface area contributed by atoms with Crippen LogP contribution in [0.5, 0.6) is 0 Å². The number of pyridine rings is 1. The molecule has 0 aliphatic carbocycles. The second kappa shape index (κ2) is 7.38. The number of carbonyl (C=O) groups is 2. The highest BCUT2D eigenvalue weighted by Crippen LogP contribution is 2.29. The van der Waals surface area contributed by atoms with E-state index in [1.807, 2.05) is 32.2 Å². The van der Waals surface area contributed by atoms with E-state index in [2.05, 4.69) is 15.4 Å². The van der Waals surface area contributed by atoms with Gasteiger partial charge in [0.1, 0.15) is 17.1 Å². The zero-order valence-corrected chi connectivity index (χ0v) is 16.3. The number of likely N-dealkylation sites (N-methyl/N-ethyl adjacent to an activating group) is 1. The maximum absolute atomic E-state index is 13.0. The number of piperidine rings is 1. The van der Waals surface area contributed by atoms with Crippen molar-refractivity contribution in [3.63, 3.8) is 0 Å². The molecule has 8 nitrogen and oxygen atoms in total. The Morgan fingerprint density at radius 1 is 1.19 bits per heavy atom. The molecule has 0 aromatic carbocycles. The van der Waals surface area contributed by atoms with Crippen molar-refractivity contribution >= 4 is 17.6 Å². The smallest absolute Gasteiger partial charge is 0.272 e. The van der Waals surface area contributed by atoms with Crippen molar-refractivity contribution in [3.05, 3.63) is 41.9 Å². The third-order valence-electron chi connectivity index (χ3n) is 5.02. The van der Waals surface area contributed by atoms with E-state index in [9.17, 15) is 9.59 Å². The quantitative estimate of drug-likeness (QED) is 0.877. The van der Waals surface area contributed by atoms with E-state index in [-0.39, 0.29) is 11.8 Å². The number of anilines is 1. The molecule has 1 N–H and O–H groups in total. The number of nitrogens with zero attached hydrogens (tertiary/aromatic N) is 5. The minimum absolute atomic E-state index is 0.00415. The van der Waals surface area contributed by atoms with Crippen LogP contribution in [0.2, 0.25) is 0 Å². The van der Waals surface area contributed by atoms with E-state index in [1.165, 1.54) is 0 Å². The number of hydrogen-bond acceptors (Lipinski definition) is 5. The summed E-state index contributed by atoms with van der Waals surface area (Å²) in [4.78, 5) is 33.4. The minimum Gasteiger partial charge on any atom is -0.356 e. The Bertz CT molecular complexity index is 836. The predicted octanol–water partition coefficient (Wildman–Crippen LogP) is 1.30. The van der Waals surface area contributed by atoms with Crippen LogP contribution >= 0.6 is 0 Å². The van der Waals surface area contributed by atoms with Crippen LogP contribution in [0.3, 0.4) is 0 Å². The van der Waals surface area contributed by atoms with Crippen LogP contribution in [0.4, 0.5) is 5.82 Å². The Hall–Kier alpha value is -2.90. The third kappa shape index (κ3) is 3.79. The van der Waals surface area contributed by atoms with Gasteiger partial charge in [0.05, 0.1) is 6.20 Å². The van der Waals surface area contributed by atoms with Crippen molar-refractivity contribution in [1.29, 1.82) is 0 Å². The van der Waals surface area contributed by atoms with Gasteiger partial charge in [-0.05, 0) is 31.9 Å². The van der Waals surface area contributed by atoms with Crippen molar-refractivity contribution in [1.82, 2.24) is 24.6 Å². The first-order valence-corrected chi connectivity index (χ1v) is 9.03. The Kier molecular flexibility index (Phi) is 5.16. The number of aromatic nitrogens is 3. The van der Waals surface area contributed by atoms with E-state index in [1.54, 1.807) is 40.8 Å². The number of amides is 2. The van der Waals surface area contributed by atoms with Crippen LogP contribution in [0, 0.1) is 6.92 Å². The normalized spacial score (nSPS) is 16.1. The summed E-state index contributed by atoms with van der Waals surface area (Å²) in [7, 11) is 5.34. The van der Waals surface area contributed by atoms with E-state index in [0.29, 0.717) is 31.6 Å². The SMILES string of the molecule is Cc1cccc(C(=O)N2CCC(Nc3ccnn3C)(C(=O)N(C)C)CC2)n1. The molecule has 0 atom stereocenters. The molecule has 27 heavy (non-hydrogen) atoms. The maximum Gasteiger partial charge on any atom is 0.272 e. The summed E-state index contributed by atoms with van der Waals surface area (Å²) in [5.41, 5.74) is 0.502. The predicted molar refractivity (Wildman–Crippen MR) is 102 cm³/mol.